The first-order chi connectivity index (χ1) is 13.2. The van der Waals surface area contributed by atoms with Gasteiger partial charge in [0.25, 0.3) is 5.56 Å². The van der Waals surface area contributed by atoms with Crippen molar-refractivity contribution in [3.8, 4) is 0 Å². The van der Waals surface area contributed by atoms with Crippen molar-refractivity contribution in [3.63, 3.8) is 0 Å². The van der Waals surface area contributed by atoms with Gasteiger partial charge in [-0.15, -0.1) is 11.3 Å². The molecular formula is C20H22N4O2S. The van der Waals surface area contributed by atoms with Crippen molar-refractivity contribution in [2.45, 2.75) is 38.6 Å². The number of carbonyl (C=O) groups is 1. The maximum absolute atomic E-state index is 12.9. The third-order valence-corrected chi connectivity index (χ3v) is 6.16. The fraction of sp³-hybridized carbons (Fsp3) is 0.400. The molecule has 1 fully saturated rings. The van der Waals surface area contributed by atoms with Crippen LogP contribution in [0.25, 0.3) is 11.0 Å². The van der Waals surface area contributed by atoms with Crippen molar-refractivity contribution in [3.05, 3.63) is 56.9 Å². The Bertz CT molecular complexity index is 1030. The Balaban J connectivity index is 1.53. The average molecular weight is 382 g/mol. The van der Waals surface area contributed by atoms with Gasteiger partial charge in [0.15, 0.2) is 0 Å². The van der Waals surface area contributed by atoms with Crippen molar-refractivity contribution in [1.29, 1.82) is 0 Å². The number of carbonyl (C=O) groups excluding carboxylic acids is 1. The van der Waals surface area contributed by atoms with Gasteiger partial charge >= 0.3 is 0 Å². The number of piperidine rings is 1. The maximum Gasteiger partial charge on any atom is 0.269 e. The summed E-state index contributed by atoms with van der Waals surface area (Å²) in [4.78, 5) is 36.0. The molecule has 0 bridgehead atoms. The molecule has 1 aliphatic heterocycles. The minimum atomic E-state index is -0.247. The summed E-state index contributed by atoms with van der Waals surface area (Å²) < 4.78 is 1.52. The van der Waals surface area contributed by atoms with E-state index in [4.69, 9.17) is 4.98 Å². The molecule has 1 unspecified atom stereocenters. The van der Waals surface area contributed by atoms with Gasteiger partial charge in [-0.1, -0.05) is 19.1 Å². The first-order valence-corrected chi connectivity index (χ1v) is 10.2. The molecule has 0 aliphatic carbocycles. The maximum atomic E-state index is 12.9. The molecule has 0 radical (unpaired) electrons. The number of thiazole rings is 1. The monoisotopic (exact) mass is 382 g/mol. The summed E-state index contributed by atoms with van der Waals surface area (Å²) in [6.45, 7) is 3.56. The van der Waals surface area contributed by atoms with E-state index in [1.807, 2.05) is 29.2 Å². The summed E-state index contributed by atoms with van der Waals surface area (Å²) in [7, 11) is 0. The fourth-order valence-electron chi connectivity index (χ4n) is 3.59. The number of hydrogen-bond donors (Lipinski definition) is 0. The van der Waals surface area contributed by atoms with E-state index >= 15 is 0 Å². The third kappa shape index (κ3) is 3.64. The zero-order valence-electron chi connectivity index (χ0n) is 15.3. The van der Waals surface area contributed by atoms with Gasteiger partial charge in [-0.05, 0) is 31.4 Å². The Morgan fingerprint density at radius 1 is 1.33 bits per heavy atom. The van der Waals surface area contributed by atoms with E-state index in [1.165, 1.54) is 10.8 Å². The average Bonchev–Trinajstić information content (AvgIpc) is 3.19. The SMILES string of the molecule is CCc1csc(C2CCCN(C(=O)Cn3c(=O)cnc4ccccc43)C2)n1. The zero-order chi connectivity index (χ0) is 18.8. The molecule has 7 heteroatoms. The molecule has 3 heterocycles. The van der Waals surface area contributed by atoms with Gasteiger partial charge in [0.2, 0.25) is 5.91 Å². The lowest BCUT2D eigenvalue weighted by Gasteiger charge is -2.32. The van der Waals surface area contributed by atoms with E-state index in [0.29, 0.717) is 18.0 Å². The second kappa shape index (κ2) is 7.60. The number of hydrogen-bond acceptors (Lipinski definition) is 5. The van der Waals surface area contributed by atoms with Crippen molar-refractivity contribution in [1.82, 2.24) is 19.4 Å². The van der Waals surface area contributed by atoms with Gasteiger partial charge < -0.3 is 4.90 Å². The lowest BCUT2D eigenvalue weighted by Crippen LogP contribution is -2.42. The number of likely N-dealkylation sites (tertiary alicyclic amines) is 1. The molecule has 1 saturated heterocycles. The highest BCUT2D eigenvalue weighted by molar-refractivity contribution is 7.09. The van der Waals surface area contributed by atoms with E-state index in [9.17, 15) is 9.59 Å². The number of amides is 1. The summed E-state index contributed by atoms with van der Waals surface area (Å²) in [6.07, 6.45) is 4.24. The minimum Gasteiger partial charge on any atom is -0.340 e. The Labute approximate surface area is 161 Å². The second-order valence-electron chi connectivity index (χ2n) is 6.88. The van der Waals surface area contributed by atoms with Crippen molar-refractivity contribution >= 4 is 28.3 Å². The predicted molar refractivity (Wildman–Crippen MR) is 106 cm³/mol. The van der Waals surface area contributed by atoms with Crippen molar-refractivity contribution in [2.75, 3.05) is 13.1 Å². The van der Waals surface area contributed by atoms with E-state index in [-0.39, 0.29) is 18.0 Å². The van der Waals surface area contributed by atoms with Crippen LogP contribution in [0.2, 0.25) is 0 Å². The van der Waals surface area contributed by atoms with Crippen molar-refractivity contribution < 1.29 is 4.79 Å². The number of benzene rings is 1. The van der Waals surface area contributed by atoms with Gasteiger partial charge in [0.1, 0.15) is 6.54 Å². The van der Waals surface area contributed by atoms with E-state index in [2.05, 4.69) is 17.3 Å². The van der Waals surface area contributed by atoms with Crippen LogP contribution in [-0.4, -0.2) is 38.4 Å². The highest BCUT2D eigenvalue weighted by atomic mass is 32.1. The Morgan fingerprint density at radius 3 is 3.00 bits per heavy atom. The number of para-hydroxylation sites is 2. The molecule has 1 aromatic carbocycles. The molecule has 140 valence electrons. The van der Waals surface area contributed by atoms with Crippen LogP contribution in [0.15, 0.2) is 40.6 Å². The fourth-order valence-corrected chi connectivity index (χ4v) is 4.62. The van der Waals surface area contributed by atoms with Gasteiger partial charge in [-0.3, -0.25) is 14.2 Å². The molecule has 4 rings (SSSR count). The summed E-state index contributed by atoms with van der Waals surface area (Å²) >= 11 is 1.69. The van der Waals surface area contributed by atoms with Gasteiger partial charge in [-0.2, -0.15) is 0 Å². The van der Waals surface area contributed by atoms with Gasteiger partial charge in [0.05, 0.1) is 27.9 Å². The molecule has 1 amide bonds. The largest absolute Gasteiger partial charge is 0.340 e. The van der Waals surface area contributed by atoms with Crippen LogP contribution in [-0.2, 0) is 17.8 Å². The normalized spacial score (nSPS) is 17.4. The van der Waals surface area contributed by atoms with Crippen LogP contribution in [0.5, 0.6) is 0 Å². The Kier molecular flexibility index (Phi) is 5.03. The first-order valence-electron chi connectivity index (χ1n) is 9.32. The zero-order valence-corrected chi connectivity index (χ0v) is 16.1. The Morgan fingerprint density at radius 2 is 2.19 bits per heavy atom. The summed E-state index contributed by atoms with van der Waals surface area (Å²) in [6, 6.07) is 7.41. The molecule has 3 aromatic rings. The first kappa shape index (κ1) is 17.9. The van der Waals surface area contributed by atoms with E-state index in [1.54, 1.807) is 11.3 Å². The predicted octanol–water partition coefficient (Wildman–Crippen LogP) is 2.82. The molecule has 2 aromatic heterocycles. The van der Waals surface area contributed by atoms with Crippen LogP contribution < -0.4 is 5.56 Å². The molecule has 0 saturated carbocycles. The van der Waals surface area contributed by atoms with Gasteiger partial charge in [0, 0.05) is 24.4 Å². The number of aromatic nitrogens is 3. The molecule has 0 N–H and O–H groups in total. The molecular weight excluding hydrogens is 360 g/mol. The third-order valence-electron chi connectivity index (χ3n) is 5.10. The topological polar surface area (TPSA) is 68.1 Å². The van der Waals surface area contributed by atoms with Gasteiger partial charge in [-0.25, -0.2) is 9.97 Å². The van der Waals surface area contributed by atoms with Crippen LogP contribution in [0.1, 0.15) is 36.4 Å². The highest BCUT2D eigenvalue weighted by Crippen LogP contribution is 2.29. The highest BCUT2D eigenvalue weighted by Gasteiger charge is 2.27. The van der Waals surface area contributed by atoms with Crippen LogP contribution >= 0.6 is 11.3 Å². The van der Waals surface area contributed by atoms with Crippen molar-refractivity contribution in [2.24, 2.45) is 0 Å². The number of aryl methyl sites for hydroxylation is 1. The lowest BCUT2D eigenvalue weighted by atomic mass is 9.98. The van der Waals surface area contributed by atoms with E-state index < -0.39 is 0 Å². The summed E-state index contributed by atoms with van der Waals surface area (Å²) in [5.74, 6) is 0.268. The van der Waals surface area contributed by atoms with E-state index in [0.717, 1.165) is 42.0 Å². The van der Waals surface area contributed by atoms with Crippen LogP contribution in [0, 0.1) is 0 Å². The smallest absolute Gasteiger partial charge is 0.269 e. The minimum absolute atomic E-state index is 0.0228. The summed E-state index contributed by atoms with van der Waals surface area (Å²) in [5, 5.41) is 3.23. The molecule has 27 heavy (non-hydrogen) atoms. The Hall–Kier alpha value is -2.54. The second-order valence-corrected chi connectivity index (χ2v) is 7.77. The van der Waals surface area contributed by atoms with Crippen LogP contribution in [0.4, 0.5) is 0 Å². The lowest BCUT2D eigenvalue weighted by molar-refractivity contribution is -0.133. The quantitative estimate of drug-likeness (QED) is 0.696. The number of fused-ring (bicyclic) bond motifs is 1. The van der Waals surface area contributed by atoms with Crippen LogP contribution in [0.3, 0.4) is 0 Å². The standard InChI is InChI=1S/C20H22N4O2S/c1-2-15-13-27-20(22-15)14-6-5-9-23(11-14)19(26)12-24-17-8-4-3-7-16(17)21-10-18(24)25/h3-4,7-8,10,13-14H,2,5-6,9,11-12H2,1H3. The number of rotatable bonds is 4. The summed E-state index contributed by atoms with van der Waals surface area (Å²) in [5.41, 5.74) is 2.28. The molecule has 1 atom stereocenters. The molecule has 0 spiro atoms. The number of nitrogens with zero attached hydrogens (tertiary/aromatic N) is 4. The molecule has 1 aliphatic rings. The molecule has 6 nitrogen and oxygen atoms in total.